The molecule has 0 heterocycles. The molecule has 2 amide bonds. The predicted octanol–water partition coefficient (Wildman–Crippen LogP) is 2.45. The lowest BCUT2D eigenvalue weighted by atomic mass is 10.1. The van der Waals surface area contributed by atoms with Gasteiger partial charge in [-0.3, -0.25) is 0 Å². The number of carbonyl (C=O) groups excluding carboxylic acids is 1. The van der Waals surface area contributed by atoms with Crippen LogP contribution in [0.2, 0.25) is 5.02 Å². The van der Waals surface area contributed by atoms with E-state index in [1.807, 2.05) is 18.2 Å². The Hall–Kier alpha value is -1.27. The third kappa shape index (κ3) is 4.88. The molecule has 7 heteroatoms. The highest BCUT2D eigenvalue weighted by Gasteiger charge is 2.24. The second-order valence-corrected chi connectivity index (χ2v) is 8.57. The molecule has 2 N–H and O–H groups in total. The van der Waals surface area contributed by atoms with Gasteiger partial charge in [0.2, 0.25) is 0 Å². The van der Waals surface area contributed by atoms with Crippen LogP contribution in [0.15, 0.2) is 18.2 Å². The Morgan fingerprint density at radius 2 is 2.18 bits per heavy atom. The van der Waals surface area contributed by atoms with E-state index in [9.17, 15) is 13.2 Å². The number of sulfone groups is 1. The van der Waals surface area contributed by atoms with Crippen LogP contribution in [-0.4, -0.2) is 32.5 Å². The quantitative estimate of drug-likeness (QED) is 0.861. The molecule has 1 aromatic carbocycles. The summed E-state index contributed by atoms with van der Waals surface area (Å²) in [6.07, 6.45) is 3.34. The molecule has 0 unspecified atom stereocenters. The van der Waals surface area contributed by atoms with Crippen LogP contribution in [-0.2, 0) is 16.3 Å². The van der Waals surface area contributed by atoms with Crippen LogP contribution in [0.25, 0.3) is 0 Å². The first-order valence-corrected chi connectivity index (χ1v) is 9.71. The summed E-state index contributed by atoms with van der Waals surface area (Å²) in [7, 11) is -3.01. The van der Waals surface area contributed by atoms with Crippen LogP contribution < -0.4 is 10.6 Å². The number of rotatable bonds is 5. The summed E-state index contributed by atoms with van der Waals surface area (Å²) in [5.74, 6) is 0.0687. The number of halogens is 1. The highest BCUT2D eigenvalue weighted by atomic mass is 35.5. The molecule has 0 aromatic heterocycles. The standard InChI is InChI=1S/C15H21ClN2O3S/c1-10(7-8-22(2,20)21)17-15(19)18-14-6-3-11-9-12(16)4-5-13(11)14/h4-5,9-10,14H,3,6-8H2,1-2H3,(H2,17,18,19)/t10-,14+/m1/s1. The van der Waals surface area contributed by atoms with Crippen LogP contribution in [0.5, 0.6) is 0 Å². The van der Waals surface area contributed by atoms with Gasteiger partial charge >= 0.3 is 6.03 Å². The first-order valence-electron chi connectivity index (χ1n) is 7.27. The fraction of sp³-hybridized carbons (Fsp3) is 0.533. The molecule has 2 rings (SSSR count). The zero-order valence-corrected chi connectivity index (χ0v) is 14.3. The number of nitrogens with one attached hydrogen (secondary N) is 2. The molecule has 0 fully saturated rings. The topological polar surface area (TPSA) is 75.3 Å². The van der Waals surface area contributed by atoms with Crippen LogP contribution in [0.4, 0.5) is 4.79 Å². The monoisotopic (exact) mass is 344 g/mol. The summed E-state index contributed by atoms with van der Waals surface area (Å²) in [6, 6.07) is 5.23. The molecule has 5 nitrogen and oxygen atoms in total. The lowest BCUT2D eigenvalue weighted by molar-refractivity contribution is 0.233. The third-order valence-electron chi connectivity index (χ3n) is 3.79. The number of hydrogen-bond acceptors (Lipinski definition) is 3. The molecule has 0 radical (unpaired) electrons. The number of hydrogen-bond donors (Lipinski definition) is 2. The van der Waals surface area contributed by atoms with Crippen molar-refractivity contribution in [1.29, 1.82) is 0 Å². The Labute approximate surface area is 136 Å². The number of carbonyl (C=O) groups is 1. The molecule has 1 aliphatic rings. The number of amides is 2. The third-order valence-corrected chi connectivity index (χ3v) is 5.00. The van der Waals surface area contributed by atoms with Crippen molar-refractivity contribution < 1.29 is 13.2 Å². The van der Waals surface area contributed by atoms with Gasteiger partial charge in [0.05, 0.1) is 11.8 Å². The summed E-state index contributed by atoms with van der Waals surface area (Å²) >= 11 is 5.97. The average molecular weight is 345 g/mol. The molecule has 22 heavy (non-hydrogen) atoms. The van der Waals surface area contributed by atoms with E-state index in [2.05, 4.69) is 10.6 Å². The highest BCUT2D eigenvalue weighted by Crippen LogP contribution is 2.32. The Morgan fingerprint density at radius 3 is 2.86 bits per heavy atom. The predicted molar refractivity (Wildman–Crippen MR) is 88.0 cm³/mol. The molecular weight excluding hydrogens is 324 g/mol. The summed E-state index contributed by atoms with van der Waals surface area (Å²) in [5.41, 5.74) is 2.27. The molecular formula is C15H21ClN2O3S. The van der Waals surface area contributed by atoms with Crippen molar-refractivity contribution in [2.45, 2.75) is 38.3 Å². The summed E-state index contributed by atoms with van der Waals surface area (Å²) in [6.45, 7) is 1.80. The molecule has 1 aromatic rings. The van der Waals surface area contributed by atoms with E-state index in [0.29, 0.717) is 11.4 Å². The Kier molecular flexibility index (Phi) is 5.34. The van der Waals surface area contributed by atoms with Crippen molar-refractivity contribution in [3.63, 3.8) is 0 Å². The summed E-state index contributed by atoms with van der Waals surface area (Å²) in [5, 5.41) is 6.43. The number of aryl methyl sites for hydroxylation is 1. The van der Waals surface area contributed by atoms with E-state index >= 15 is 0 Å². The van der Waals surface area contributed by atoms with Gasteiger partial charge in [0.1, 0.15) is 9.84 Å². The van der Waals surface area contributed by atoms with Crippen LogP contribution in [0.1, 0.15) is 36.9 Å². The molecule has 1 aliphatic carbocycles. The number of urea groups is 1. The lowest BCUT2D eigenvalue weighted by Crippen LogP contribution is -2.42. The molecule has 0 saturated carbocycles. The summed E-state index contributed by atoms with van der Waals surface area (Å²) in [4.78, 5) is 12.0. The van der Waals surface area contributed by atoms with Crippen molar-refractivity contribution in [2.75, 3.05) is 12.0 Å². The van der Waals surface area contributed by atoms with E-state index in [1.165, 1.54) is 11.8 Å². The van der Waals surface area contributed by atoms with Gasteiger partial charge in [0.15, 0.2) is 0 Å². The SMILES string of the molecule is C[C@H](CCS(C)(=O)=O)NC(=O)N[C@H]1CCc2cc(Cl)ccc21. The van der Waals surface area contributed by atoms with Crippen molar-refractivity contribution in [3.8, 4) is 0 Å². The maximum absolute atomic E-state index is 12.0. The Bertz CT molecular complexity index is 661. The minimum atomic E-state index is -3.01. The van der Waals surface area contributed by atoms with Crippen LogP contribution in [0, 0.1) is 0 Å². The lowest BCUT2D eigenvalue weighted by Gasteiger charge is -2.18. The minimum absolute atomic E-state index is 0.0191. The van der Waals surface area contributed by atoms with E-state index < -0.39 is 9.84 Å². The van der Waals surface area contributed by atoms with Gasteiger partial charge in [-0.05, 0) is 49.4 Å². The normalized spacial score (nSPS) is 18.6. The van der Waals surface area contributed by atoms with Gasteiger partial charge in [-0.15, -0.1) is 0 Å². The van der Waals surface area contributed by atoms with Crippen molar-refractivity contribution >= 4 is 27.5 Å². The first kappa shape index (κ1) is 17.1. The fourth-order valence-electron chi connectivity index (χ4n) is 2.62. The minimum Gasteiger partial charge on any atom is -0.336 e. The van der Waals surface area contributed by atoms with E-state index in [4.69, 9.17) is 11.6 Å². The van der Waals surface area contributed by atoms with Crippen LogP contribution >= 0.6 is 11.6 Å². The van der Waals surface area contributed by atoms with E-state index in [0.717, 1.165) is 18.4 Å². The highest BCUT2D eigenvalue weighted by molar-refractivity contribution is 7.90. The van der Waals surface area contributed by atoms with Gasteiger partial charge in [0.25, 0.3) is 0 Å². The number of benzene rings is 1. The Morgan fingerprint density at radius 1 is 1.45 bits per heavy atom. The van der Waals surface area contributed by atoms with E-state index in [1.54, 1.807) is 6.92 Å². The van der Waals surface area contributed by atoms with Crippen LogP contribution in [0.3, 0.4) is 0 Å². The van der Waals surface area contributed by atoms with Gasteiger partial charge in [-0.2, -0.15) is 0 Å². The van der Waals surface area contributed by atoms with Gasteiger partial charge in [-0.1, -0.05) is 17.7 Å². The Balaban J connectivity index is 1.86. The molecule has 122 valence electrons. The molecule has 0 aliphatic heterocycles. The second-order valence-electron chi connectivity index (χ2n) is 5.87. The zero-order valence-electron chi connectivity index (χ0n) is 12.7. The average Bonchev–Trinajstić information content (AvgIpc) is 2.78. The van der Waals surface area contributed by atoms with Crippen molar-refractivity contribution in [3.05, 3.63) is 34.3 Å². The largest absolute Gasteiger partial charge is 0.336 e. The first-order chi connectivity index (χ1) is 10.2. The summed E-state index contributed by atoms with van der Waals surface area (Å²) < 4.78 is 22.3. The molecule has 0 bridgehead atoms. The van der Waals surface area contributed by atoms with Gasteiger partial charge < -0.3 is 10.6 Å². The van der Waals surface area contributed by atoms with E-state index in [-0.39, 0.29) is 23.9 Å². The maximum atomic E-state index is 12.0. The smallest absolute Gasteiger partial charge is 0.315 e. The molecule has 0 saturated heterocycles. The second kappa shape index (κ2) is 6.87. The maximum Gasteiger partial charge on any atom is 0.315 e. The van der Waals surface area contributed by atoms with Gasteiger partial charge in [0, 0.05) is 17.3 Å². The van der Waals surface area contributed by atoms with Gasteiger partial charge in [-0.25, -0.2) is 13.2 Å². The van der Waals surface area contributed by atoms with Crippen molar-refractivity contribution in [2.24, 2.45) is 0 Å². The zero-order chi connectivity index (χ0) is 16.3. The fourth-order valence-corrected chi connectivity index (χ4v) is 3.60. The number of fused-ring (bicyclic) bond motifs is 1. The van der Waals surface area contributed by atoms with Crippen molar-refractivity contribution in [1.82, 2.24) is 10.6 Å². The molecule has 0 spiro atoms. The molecule has 2 atom stereocenters.